The van der Waals surface area contributed by atoms with Crippen LogP contribution in [0.5, 0.6) is 5.75 Å². The van der Waals surface area contributed by atoms with Crippen LogP contribution in [0.2, 0.25) is 0 Å². The standard InChI is InChI=1S/C21H25NO3.C2H4/c1-16(23)18-8-9-19(20(14-18)25-2)21(24)10-12-22(13-11-21)15-17-6-4-3-5-7-17;1-2/h3-9,14,24H,10-13,15H2,1-2H3;1-2H2. The Labute approximate surface area is 162 Å². The van der Waals surface area contributed by atoms with Gasteiger partial charge in [0.1, 0.15) is 5.75 Å². The van der Waals surface area contributed by atoms with Crippen LogP contribution in [-0.4, -0.2) is 36.0 Å². The molecule has 0 amide bonds. The van der Waals surface area contributed by atoms with E-state index in [1.807, 2.05) is 12.1 Å². The third-order valence-corrected chi connectivity index (χ3v) is 5.04. The number of rotatable bonds is 5. The molecule has 0 unspecified atom stereocenters. The molecule has 27 heavy (non-hydrogen) atoms. The van der Waals surface area contributed by atoms with E-state index in [0.717, 1.165) is 25.2 Å². The van der Waals surface area contributed by atoms with Crippen molar-refractivity contribution in [1.82, 2.24) is 4.90 Å². The highest BCUT2D eigenvalue weighted by atomic mass is 16.5. The third kappa shape index (κ3) is 5.06. The van der Waals surface area contributed by atoms with Gasteiger partial charge in [0.25, 0.3) is 0 Å². The molecule has 0 radical (unpaired) electrons. The number of likely N-dealkylation sites (tertiary alicyclic amines) is 1. The summed E-state index contributed by atoms with van der Waals surface area (Å²) in [6.45, 7) is 10.1. The molecule has 3 rings (SSSR count). The van der Waals surface area contributed by atoms with Crippen LogP contribution in [0.25, 0.3) is 0 Å². The molecule has 1 fully saturated rings. The summed E-state index contributed by atoms with van der Waals surface area (Å²) in [5, 5.41) is 11.2. The van der Waals surface area contributed by atoms with E-state index in [-0.39, 0.29) is 5.78 Å². The molecule has 144 valence electrons. The lowest BCUT2D eigenvalue weighted by molar-refractivity contribution is -0.0292. The van der Waals surface area contributed by atoms with Crippen molar-refractivity contribution in [3.05, 3.63) is 78.4 Å². The quantitative estimate of drug-likeness (QED) is 0.636. The first-order valence-electron chi connectivity index (χ1n) is 9.20. The van der Waals surface area contributed by atoms with Crippen LogP contribution >= 0.6 is 0 Å². The molecule has 0 bridgehead atoms. The number of ether oxygens (including phenoxy) is 1. The summed E-state index contributed by atoms with van der Waals surface area (Å²) >= 11 is 0. The Bertz CT molecular complexity index is 749. The predicted octanol–water partition coefficient (Wildman–Crippen LogP) is 4.18. The van der Waals surface area contributed by atoms with Gasteiger partial charge in [-0.25, -0.2) is 0 Å². The van der Waals surface area contributed by atoms with E-state index >= 15 is 0 Å². The highest BCUT2D eigenvalue weighted by molar-refractivity contribution is 5.94. The Morgan fingerprint density at radius 3 is 2.33 bits per heavy atom. The first-order chi connectivity index (χ1) is 13.0. The number of Topliss-reactive ketones (excluding diaryl/α,β-unsaturated/α-hetero) is 1. The number of aliphatic hydroxyl groups is 1. The summed E-state index contributed by atoms with van der Waals surface area (Å²) < 4.78 is 5.45. The van der Waals surface area contributed by atoms with Crippen LogP contribution in [0.1, 0.15) is 41.3 Å². The maximum atomic E-state index is 11.6. The van der Waals surface area contributed by atoms with Crippen LogP contribution in [0.4, 0.5) is 0 Å². The van der Waals surface area contributed by atoms with Gasteiger partial charge >= 0.3 is 0 Å². The first kappa shape index (κ1) is 20.9. The fourth-order valence-electron chi connectivity index (χ4n) is 3.49. The van der Waals surface area contributed by atoms with Crippen molar-refractivity contribution in [3.63, 3.8) is 0 Å². The van der Waals surface area contributed by atoms with Gasteiger partial charge in [-0.1, -0.05) is 42.5 Å². The number of hydrogen-bond donors (Lipinski definition) is 1. The Kier molecular flexibility index (Phi) is 7.34. The van der Waals surface area contributed by atoms with Crippen molar-refractivity contribution in [2.24, 2.45) is 0 Å². The maximum absolute atomic E-state index is 11.6. The third-order valence-electron chi connectivity index (χ3n) is 5.04. The Hall–Kier alpha value is -2.43. The van der Waals surface area contributed by atoms with E-state index in [1.54, 1.807) is 19.2 Å². The molecule has 1 N–H and O–H groups in total. The molecule has 2 aromatic rings. The fourth-order valence-corrected chi connectivity index (χ4v) is 3.49. The lowest BCUT2D eigenvalue weighted by Gasteiger charge is -2.39. The summed E-state index contributed by atoms with van der Waals surface area (Å²) in [5.74, 6) is 0.584. The molecular formula is C23H29NO3. The molecule has 0 spiro atoms. The SMILES string of the molecule is C=C.COc1cc(C(C)=O)ccc1C1(O)CCN(Cc2ccccc2)CC1. The highest BCUT2D eigenvalue weighted by Crippen LogP contribution is 2.38. The monoisotopic (exact) mass is 367 g/mol. The van der Waals surface area contributed by atoms with E-state index in [1.165, 1.54) is 12.5 Å². The molecular weight excluding hydrogens is 338 g/mol. The summed E-state index contributed by atoms with van der Waals surface area (Å²) in [6.07, 6.45) is 1.30. The maximum Gasteiger partial charge on any atom is 0.159 e. The van der Waals surface area contributed by atoms with E-state index in [4.69, 9.17) is 4.74 Å². The molecule has 0 saturated carbocycles. The number of piperidine rings is 1. The fraction of sp³-hybridized carbons (Fsp3) is 0.348. The number of carbonyl (C=O) groups is 1. The summed E-state index contributed by atoms with van der Waals surface area (Å²) in [4.78, 5) is 13.9. The van der Waals surface area contributed by atoms with Gasteiger partial charge in [0, 0.05) is 30.8 Å². The number of benzene rings is 2. The van der Waals surface area contributed by atoms with Crippen LogP contribution in [-0.2, 0) is 12.1 Å². The minimum absolute atomic E-state index is 0.00507. The number of ketones is 1. The van der Waals surface area contributed by atoms with Gasteiger partial charge in [-0.2, -0.15) is 0 Å². The van der Waals surface area contributed by atoms with Crippen molar-refractivity contribution >= 4 is 5.78 Å². The average Bonchev–Trinajstić information content (AvgIpc) is 2.71. The van der Waals surface area contributed by atoms with Gasteiger partial charge in [-0.05, 0) is 31.4 Å². The largest absolute Gasteiger partial charge is 0.496 e. The molecule has 4 heteroatoms. The Morgan fingerprint density at radius 1 is 1.15 bits per heavy atom. The summed E-state index contributed by atoms with van der Waals surface area (Å²) in [6, 6.07) is 15.7. The minimum atomic E-state index is -0.909. The lowest BCUT2D eigenvalue weighted by Crippen LogP contribution is -2.42. The van der Waals surface area contributed by atoms with Gasteiger partial charge < -0.3 is 9.84 Å². The topological polar surface area (TPSA) is 49.8 Å². The number of hydrogen-bond acceptors (Lipinski definition) is 4. The average molecular weight is 367 g/mol. The van der Waals surface area contributed by atoms with E-state index in [9.17, 15) is 9.90 Å². The summed E-state index contributed by atoms with van der Waals surface area (Å²) in [5.41, 5.74) is 1.76. The van der Waals surface area contributed by atoms with E-state index < -0.39 is 5.60 Å². The Morgan fingerprint density at radius 2 is 1.78 bits per heavy atom. The number of nitrogens with zero attached hydrogens (tertiary/aromatic N) is 1. The molecule has 1 aliphatic rings. The Balaban J connectivity index is 0.00000126. The smallest absolute Gasteiger partial charge is 0.159 e. The van der Waals surface area contributed by atoms with Gasteiger partial charge in [0.05, 0.1) is 12.7 Å². The molecule has 1 aliphatic heterocycles. The van der Waals surface area contributed by atoms with Crippen molar-refractivity contribution < 1.29 is 14.6 Å². The van der Waals surface area contributed by atoms with Crippen LogP contribution in [0, 0.1) is 0 Å². The lowest BCUT2D eigenvalue weighted by atomic mass is 9.83. The molecule has 0 atom stereocenters. The zero-order chi connectivity index (χ0) is 19.9. The molecule has 1 saturated heterocycles. The second-order valence-electron chi connectivity index (χ2n) is 6.76. The highest BCUT2D eigenvalue weighted by Gasteiger charge is 2.36. The van der Waals surface area contributed by atoms with Crippen LogP contribution in [0.15, 0.2) is 61.7 Å². The zero-order valence-corrected chi connectivity index (χ0v) is 16.3. The van der Waals surface area contributed by atoms with Crippen molar-refractivity contribution in [1.29, 1.82) is 0 Å². The van der Waals surface area contributed by atoms with Crippen molar-refractivity contribution in [2.45, 2.75) is 31.9 Å². The molecule has 2 aromatic carbocycles. The molecule has 0 aromatic heterocycles. The number of methoxy groups -OCH3 is 1. The van der Waals surface area contributed by atoms with Crippen LogP contribution in [0.3, 0.4) is 0 Å². The van der Waals surface area contributed by atoms with Gasteiger partial charge in [0.2, 0.25) is 0 Å². The van der Waals surface area contributed by atoms with E-state index in [2.05, 4.69) is 42.3 Å². The second-order valence-corrected chi connectivity index (χ2v) is 6.76. The van der Waals surface area contributed by atoms with Crippen molar-refractivity contribution in [3.8, 4) is 5.75 Å². The molecule has 0 aliphatic carbocycles. The van der Waals surface area contributed by atoms with Crippen LogP contribution < -0.4 is 4.74 Å². The summed E-state index contributed by atoms with van der Waals surface area (Å²) in [7, 11) is 1.58. The normalized spacial score (nSPS) is 16.1. The molecule has 4 nitrogen and oxygen atoms in total. The zero-order valence-electron chi connectivity index (χ0n) is 16.3. The van der Waals surface area contributed by atoms with Crippen molar-refractivity contribution in [2.75, 3.05) is 20.2 Å². The van der Waals surface area contributed by atoms with Gasteiger partial charge in [-0.3, -0.25) is 9.69 Å². The van der Waals surface area contributed by atoms with Gasteiger partial charge in [-0.15, -0.1) is 13.2 Å². The first-order valence-corrected chi connectivity index (χ1v) is 9.20. The van der Waals surface area contributed by atoms with Gasteiger partial charge in [0.15, 0.2) is 5.78 Å². The number of carbonyl (C=O) groups excluding carboxylic acids is 1. The molecule has 1 heterocycles. The van der Waals surface area contributed by atoms with E-state index in [0.29, 0.717) is 24.2 Å². The second kappa shape index (κ2) is 9.49. The predicted molar refractivity (Wildman–Crippen MR) is 109 cm³/mol. The minimum Gasteiger partial charge on any atom is -0.496 e.